The first kappa shape index (κ1) is 102. The number of aliphatic hydroxyl groups excluding tert-OH is 8. The van der Waals surface area contributed by atoms with Gasteiger partial charge in [0, 0.05) is 190 Å². The fourth-order valence-corrected chi connectivity index (χ4v) is 1.08. The zero-order valence-corrected chi connectivity index (χ0v) is 50.2. The van der Waals surface area contributed by atoms with Crippen LogP contribution >= 0.6 is 0 Å². The average molecular weight is 1680 g/mol. The van der Waals surface area contributed by atoms with E-state index in [9.17, 15) is 0 Å². The molecular weight excluding hydrogens is 1600 g/mol. The topological polar surface area (TPSA) is 263 Å². The minimum Gasteiger partial charge on any atom is -0.400 e. The van der Waals surface area contributed by atoms with E-state index in [1.165, 1.54) is 0 Å². The van der Waals surface area contributed by atoms with Crippen LogP contribution in [0.4, 0.5) is 0 Å². The second-order valence-electron chi connectivity index (χ2n) is 7.19. The molecular formula is C31H82O19W5. The molecule has 0 aromatic heterocycles. The van der Waals surface area contributed by atoms with Crippen LogP contribution in [0.15, 0.2) is 0 Å². The monoisotopic (exact) mass is 1680 g/mol. The molecule has 350 valence electrons. The molecule has 0 aliphatic heterocycles. The van der Waals surface area contributed by atoms with Gasteiger partial charge in [0.05, 0.1) is 119 Å². The third-order valence-corrected chi connectivity index (χ3v) is 3.20. The molecule has 19 nitrogen and oxygen atoms in total. The smallest absolute Gasteiger partial charge is 0.0700 e. The summed E-state index contributed by atoms with van der Waals surface area (Å²) in [5, 5.41) is 62.0. The van der Waals surface area contributed by atoms with Crippen LogP contribution < -0.4 is 0 Å². The molecule has 0 aromatic rings. The molecule has 0 amide bonds. The zero-order chi connectivity index (χ0) is 41.2. The van der Waals surface area contributed by atoms with E-state index in [2.05, 4.69) is 42.6 Å². The van der Waals surface area contributed by atoms with Crippen molar-refractivity contribution in [3.8, 4) is 0 Å². The molecule has 0 aliphatic carbocycles. The summed E-state index contributed by atoms with van der Waals surface area (Å²) < 4.78 is 50.5. The van der Waals surface area contributed by atoms with E-state index in [0.29, 0.717) is 72.7 Å². The number of ether oxygens (including phenoxy) is 11. The summed E-state index contributed by atoms with van der Waals surface area (Å²) in [5.74, 6) is 0. The molecule has 0 heterocycles. The van der Waals surface area contributed by atoms with E-state index in [0.717, 1.165) is 13.7 Å². The fraction of sp³-hybridized carbons (Fsp3) is 1.00. The number of hydrogen-bond acceptors (Lipinski definition) is 19. The molecule has 24 heteroatoms. The van der Waals surface area contributed by atoms with Gasteiger partial charge < -0.3 is 93.0 Å². The first-order valence-electron chi connectivity index (χ1n) is 15.4. The summed E-state index contributed by atoms with van der Waals surface area (Å²) in [6.45, 7) is 9.51. The maximum atomic E-state index is 7.94. The van der Waals surface area contributed by atoms with Gasteiger partial charge in [-0.05, 0) is 6.92 Å². The minimum atomic E-state index is -0.125. The molecule has 0 radical (unpaired) electrons. The summed E-state index contributed by atoms with van der Waals surface area (Å²) in [6.07, 6.45) is 0. The van der Waals surface area contributed by atoms with Crippen LogP contribution in [0.25, 0.3) is 0 Å². The van der Waals surface area contributed by atoms with E-state index in [-0.39, 0.29) is 152 Å². The quantitative estimate of drug-likeness (QED) is 0.0574. The summed E-state index contributed by atoms with van der Waals surface area (Å²) in [6, 6.07) is 0. The van der Waals surface area contributed by atoms with Crippen molar-refractivity contribution in [1.29, 1.82) is 0 Å². The fourth-order valence-electron chi connectivity index (χ4n) is 1.08. The van der Waals surface area contributed by atoms with Gasteiger partial charge in [-0.1, -0.05) is 0 Å². The van der Waals surface area contributed by atoms with Crippen LogP contribution in [-0.2, 0) is 157 Å². The first-order chi connectivity index (χ1) is 24.2. The minimum absolute atomic E-state index is 0. The predicted molar refractivity (Wildman–Crippen MR) is 193 cm³/mol. The first-order valence-corrected chi connectivity index (χ1v) is 15.4. The van der Waals surface area contributed by atoms with Gasteiger partial charge in [0.25, 0.3) is 0 Å². The second kappa shape index (κ2) is 165. The van der Waals surface area contributed by atoms with Gasteiger partial charge in [0.2, 0.25) is 0 Å². The van der Waals surface area contributed by atoms with Crippen LogP contribution in [-0.4, -0.2) is 245 Å². The van der Waals surface area contributed by atoms with Crippen molar-refractivity contribution in [2.45, 2.75) is 6.92 Å². The Balaban J connectivity index is -0.0000000248. The van der Waals surface area contributed by atoms with Crippen molar-refractivity contribution in [1.82, 2.24) is 0 Å². The molecule has 0 spiro atoms. The van der Waals surface area contributed by atoms with E-state index in [1.807, 2.05) is 6.92 Å². The Hall–Kier alpha value is 2.68. The Morgan fingerprint density at radius 1 is 0.255 bits per heavy atom. The molecule has 0 saturated carbocycles. The van der Waals surface area contributed by atoms with Crippen molar-refractivity contribution in [3.63, 3.8) is 0 Å². The average Bonchev–Trinajstić information content (AvgIpc) is 3.14. The summed E-state index contributed by atoms with van der Waals surface area (Å²) in [4.78, 5) is 0. The van der Waals surface area contributed by atoms with E-state index < -0.39 is 0 Å². The van der Waals surface area contributed by atoms with Gasteiger partial charge in [-0.25, -0.2) is 0 Å². The van der Waals surface area contributed by atoms with Crippen molar-refractivity contribution < 1.29 is 198 Å². The molecule has 0 unspecified atom stereocenters. The SMILES string of the molecule is CCOCCOC.CO.COCCO.COCCO.COCCO.COCCO.COCCO.COCCOC.COCCOC.OCCO.[W].[W].[W].[W].[W]. The maximum Gasteiger partial charge on any atom is 0.0700 e. The van der Waals surface area contributed by atoms with Gasteiger partial charge in [0.1, 0.15) is 0 Å². The van der Waals surface area contributed by atoms with E-state index in [4.69, 9.17) is 50.3 Å². The van der Waals surface area contributed by atoms with Crippen molar-refractivity contribution in [3.05, 3.63) is 0 Å². The molecule has 0 aromatic carbocycles. The summed E-state index contributed by atoms with van der Waals surface area (Å²) in [7, 11) is 17.0. The van der Waals surface area contributed by atoms with Gasteiger partial charge in [-0.15, -0.1) is 0 Å². The third-order valence-electron chi connectivity index (χ3n) is 3.20. The van der Waals surface area contributed by atoms with Crippen LogP contribution in [0.5, 0.6) is 0 Å². The Bertz CT molecular complexity index is 300. The molecule has 8 N–H and O–H groups in total. The number of rotatable bonds is 21. The van der Waals surface area contributed by atoms with E-state index >= 15 is 0 Å². The Morgan fingerprint density at radius 3 is 0.473 bits per heavy atom. The van der Waals surface area contributed by atoms with E-state index in [1.54, 1.807) is 71.1 Å². The van der Waals surface area contributed by atoms with Gasteiger partial charge in [0.15, 0.2) is 0 Å². The molecule has 0 bridgehead atoms. The summed E-state index contributed by atoms with van der Waals surface area (Å²) in [5.41, 5.74) is 0. The van der Waals surface area contributed by atoms with Crippen LogP contribution in [0.3, 0.4) is 0 Å². The van der Waals surface area contributed by atoms with Gasteiger partial charge >= 0.3 is 0 Å². The number of hydrogen-bond donors (Lipinski definition) is 8. The molecule has 0 fully saturated rings. The molecule has 0 saturated heterocycles. The largest absolute Gasteiger partial charge is 0.400 e. The number of methoxy groups -OCH3 is 10. The van der Waals surface area contributed by atoms with Gasteiger partial charge in [-0.2, -0.15) is 0 Å². The standard InChI is InChI=1S/C5H12O2.2C4H10O2.5C3H8O2.C2H6O2.CH4O.5W/c1-3-7-5-4-6-2;2*1-5-3-4-6-2;5*1-5-3-2-4;3-1-2-4;1-2;;;;;/h3-5H2,1-2H3;2*3-4H2,1-2H3;5*4H,2-3H2,1H3;3-4H,1-2H2;2H,1H3;;;;;. The van der Waals surface area contributed by atoms with Crippen molar-refractivity contribution >= 4 is 0 Å². The number of aliphatic hydroxyl groups is 8. The summed E-state index contributed by atoms with van der Waals surface area (Å²) >= 11 is 0. The Labute approximate surface area is 405 Å². The molecule has 0 aliphatic rings. The second-order valence-corrected chi connectivity index (χ2v) is 7.19. The van der Waals surface area contributed by atoms with Crippen LogP contribution in [0, 0.1) is 0 Å². The molecule has 0 rings (SSSR count). The predicted octanol–water partition coefficient (Wildman–Crippen LogP) is -2.08. The molecule has 0 atom stereocenters. The third kappa shape index (κ3) is 302. The van der Waals surface area contributed by atoms with Crippen molar-refractivity contribution in [2.24, 2.45) is 0 Å². The van der Waals surface area contributed by atoms with Gasteiger partial charge in [-0.3, -0.25) is 0 Å². The Kier molecular flexibility index (Phi) is 304. The zero-order valence-electron chi connectivity index (χ0n) is 35.5. The Morgan fingerprint density at radius 2 is 0.400 bits per heavy atom. The van der Waals surface area contributed by atoms with Crippen LogP contribution in [0.1, 0.15) is 6.92 Å². The molecule has 55 heavy (non-hydrogen) atoms. The van der Waals surface area contributed by atoms with Crippen LogP contribution in [0.2, 0.25) is 0 Å². The maximum absolute atomic E-state index is 7.94. The van der Waals surface area contributed by atoms with Crippen molar-refractivity contribution in [2.75, 3.05) is 204 Å². The normalized spacial score (nSPS) is 7.64.